The van der Waals surface area contributed by atoms with Crippen LogP contribution in [0.2, 0.25) is 0 Å². The lowest BCUT2D eigenvalue weighted by atomic mass is 10.2. The number of sulfonamides is 1. The number of anilines is 1. The molecule has 19 heavy (non-hydrogen) atoms. The van der Waals surface area contributed by atoms with Gasteiger partial charge in [0.15, 0.2) is 0 Å². The van der Waals surface area contributed by atoms with Crippen LogP contribution in [0.1, 0.15) is 5.56 Å². The first-order valence-corrected chi connectivity index (χ1v) is 6.77. The van der Waals surface area contributed by atoms with Crippen molar-refractivity contribution in [3.8, 4) is 0 Å². The maximum atomic E-state index is 12.9. The molecule has 0 bridgehead atoms. The summed E-state index contributed by atoms with van der Waals surface area (Å²) in [5.74, 6) is -1.10. The van der Waals surface area contributed by atoms with Crippen molar-refractivity contribution in [2.24, 2.45) is 0 Å². The fourth-order valence-corrected chi connectivity index (χ4v) is 2.78. The molecular weight excluding hydrogens is 274 g/mol. The number of hydrogen-bond acceptors (Lipinski definition) is 3. The Morgan fingerprint density at radius 1 is 1.11 bits per heavy atom. The van der Waals surface area contributed by atoms with Gasteiger partial charge in [-0.1, -0.05) is 0 Å². The van der Waals surface area contributed by atoms with Gasteiger partial charge in [-0.3, -0.25) is 4.72 Å². The Kier molecular flexibility index (Phi) is 3.48. The molecule has 0 saturated heterocycles. The third-order valence-electron chi connectivity index (χ3n) is 2.39. The predicted molar refractivity (Wildman–Crippen MR) is 66.1 cm³/mol. The zero-order valence-corrected chi connectivity index (χ0v) is 10.7. The van der Waals surface area contributed by atoms with Gasteiger partial charge in [0.25, 0.3) is 10.0 Å². The van der Waals surface area contributed by atoms with E-state index in [4.69, 9.17) is 0 Å². The molecule has 1 heterocycles. The van der Waals surface area contributed by atoms with Gasteiger partial charge < -0.3 is 0 Å². The molecule has 1 N–H and O–H groups in total. The van der Waals surface area contributed by atoms with Gasteiger partial charge in [0.05, 0.1) is 11.1 Å². The second-order valence-electron chi connectivity index (χ2n) is 3.88. The third kappa shape index (κ3) is 3.05. The summed E-state index contributed by atoms with van der Waals surface area (Å²) in [5.41, 5.74) is 0.273. The van der Waals surface area contributed by atoms with Gasteiger partial charge in [0, 0.05) is 0 Å². The van der Waals surface area contributed by atoms with Crippen LogP contribution >= 0.6 is 0 Å². The number of aryl methyl sites for hydroxylation is 1. The molecule has 1 aromatic carbocycles. The zero-order valence-electron chi connectivity index (χ0n) is 9.89. The fourth-order valence-electron chi connectivity index (χ4n) is 1.54. The van der Waals surface area contributed by atoms with Crippen LogP contribution in [0, 0.1) is 18.6 Å². The van der Waals surface area contributed by atoms with Crippen LogP contribution < -0.4 is 4.72 Å². The highest BCUT2D eigenvalue weighted by molar-refractivity contribution is 7.92. The molecule has 0 saturated carbocycles. The van der Waals surface area contributed by atoms with Crippen molar-refractivity contribution in [2.45, 2.75) is 11.8 Å². The van der Waals surface area contributed by atoms with E-state index in [1.807, 2.05) is 0 Å². The summed E-state index contributed by atoms with van der Waals surface area (Å²) in [4.78, 5) is 3.54. The first kappa shape index (κ1) is 13.4. The monoisotopic (exact) mass is 284 g/mol. The quantitative estimate of drug-likeness (QED) is 0.942. The maximum Gasteiger partial charge on any atom is 0.263 e. The van der Waals surface area contributed by atoms with Crippen molar-refractivity contribution in [3.05, 3.63) is 53.7 Å². The summed E-state index contributed by atoms with van der Waals surface area (Å²) < 4.78 is 51.9. The van der Waals surface area contributed by atoms with Crippen LogP contribution in [0.25, 0.3) is 0 Å². The number of hydrogen-bond donors (Lipinski definition) is 1. The van der Waals surface area contributed by atoms with E-state index in [1.54, 1.807) is 0 Å². The van der Waals surface area contributed by atoms with E-state index >= 15 is 0 Å². The van der Waals surface area contributed by atoms with Crippen molar-refractivity contribution >= 4 is 15.8 Å². The summed E-state index contributed by atoms with van der Waals surface area (Å²) in [7, 11) is -3.88. The largest absolute Gasteiger partial charge is 0.263 e. The Morgan fingerprint density at radius 2 is 1.79 bits per heavy atom. The molecule has 0 aliphatic heterocycles. The number of halogens is 2. The lowest BCUT2D eigenvalue weighted by Crippen LogP contribution is -2.15. The lowest BCUT2D eigenvalue weighted by Gasteiger charge is -2.09. The zero-order chi connectivity index (χ0) is 14.0. The third-order valence-corrected chi connectivity index (χ3v) is 3.91. The first-order chi connectivity index (χ1) is 8.88. The number of nitrogens with one attached hydrogen (secondary N) is 1. The van der Waals surface area contributed by atoms with E-state index in [2.05, 4.69) is 9.71 Å². The molecule has 0 unspecified atom stereocenters. The summed E-state index contributed by atoms with van der Waals surface area (Å²) in [6.07, 6.45) is 0.898. The van der Waals surface area contributed by atoms with Crippen LogP contribution in [0.15, 0.2) is 41.4 Å². The standard InChI is InChI=1S/C12H10F2N2O2S/c1-8-6-9(13)2-4-11(8)19(17,18)16-12-5-3-10(14)7-15-12/h2-7H,1H3,(H,15,16). The molecule has 0 spiro atoms. The van der Waals surface area contributed by atoms with Crippen molar-refractivity contribution < 1.29 is 17.2 Å². The highest BCUT2D eigenvalue weighted by Gasteiger charge is 2.17. The summed E-state index contributed by atoms with van der Waals surface area (Å²) >= 11 is 0. The van der Waals surface area contributed by atoms with Crippen molar-refractivity contribution in [1.82, 2.24) is 4.98 Å². The highest BCUT2D eigenvalue weighted by atomic mass is 32.2. The summed E-state index contributed by atoms with van der Waals surface area (Å²) in [6, 6.07) is 5.62. The van der Waals surface area contributed by atoms with Gasteiger partial charge in [-0.2, -0.15) is 0 Å². The molecule has 0 amide bonds. The van der Waals surface area contributed by atoms with Gasteiger partial charge in [0.1, 0.15) is 17.5 Å². The minimum absolute atomic E-state index is 0.00914. The van der Waals surface area contributed by atoms with Crippen LogP contribution in [-0.2, 0) is 10.0 Å². The Bertz CT molecular complexity index is 700. The lowest BCUT2D eigenvalue weighted by molar-refractivity contribution is 0.598. The molecule has 0 radical (unpaired) electrons. The first-order valence-electron chi connectivity index (χ1n) is 5.29. The van der Waals surface area contributed by atoms with Gasteiger partial charge in [-0.05, 0) is 42.8 Å². The van der Waals surface area contributed by atoms with Gasteiger partial charge in [-0.25, -0.2) is 22.2 Å². The second kappa shape index (κ2) is 4.93. The summed E-state index contributed by atoms with van der Waals surface area (Å²) in [5, 5.41) is 0. The smallest absolute Gasteiger partial charge is 0.263 e. The van der Waals surface area contributed by atoms with E-state index in [1.165, 1.54) is 13.0 Å². The Hall–Kier alpha value is -2.02. The van der Waals surface area contributed by atoms with E-state index < -0.39 is 21.7 Å². The number of rotatable bonds is 3. The number of nitrogens with zero attached hydrogens (tertiary/aromatic N) is 1. The molecule has 2 rings (SSSR count). The topological polar surface area (TPSA) is 59.1 Å². The molecule has 7 heteroatoms. The summed E-state index contributed by atoms with van der Waals surface area (Å²) in [6.45, 7) is 1.48. The van der Waals surface area contributed by atoms with E-state index in [0.29, 0.717) is 0 Å². The van der Waals surface area contributed by atoms with Crippen LogP contribution in [0.3, 0.4) is 0 Å². The minimum Gasteiger partial charge on any atom is -0.263 e. The molecule has 2 aromatic rings. The van der Waals surface area contributed by atoms with Crippen LogP contribution in [0.5, 0.6) is 0 Å². The SMILES string of the molecule is Cc1cc(F)ccc1S(=O)(=O)Nc1ccc(F)cn1. The molecule has 100 valence electrons. The number of pyridine rings is 1. The van der Waals surface area contributed by atoms with Gasteiger partial charge in [0.2, 0.25) is 0 Å². The molecule has 0 aliphatic carbocycles. The Morgan fingerprint density at radius 3 is 2.37 bits per heavy atom. The molecule has 0 atom stereocenters. The number of aromatic nitrogens is 1. The van der Waals surface area contributed by atoms with Crippen molar-refractivity contribution in [1.29, 1.82) is 0 Å². The normalized spacial score (nSPS) is 11.3. The average molecular weight is 284 g/mol. The maximum absolute atomic E-state index is 12.9. The van der Waals surface area contributed by atoms with Crippen LogP contribution in [-0.4, -0.2) is 13.4 Å². The van der Waals surface area contributed by atoms with Gasteiger partial charge >= 0.3 is 0 Å². The minimum atomic E-state index is -3.88. The molecular formula is C12H10F2N2O2S. The predicted octanol–water partition coefficient (Wildman–Crippen LogP) is 2.47. The fraction of sp³-hybridized carbons (Fsp3) is 0.0833. The van der Waals surface area contributed by atoms with Crippen LogP contribution in [0.4, 0.5) is 14.6 Å². The van der Waals surface area contributed by atoms with Crippen molar-refractivity contribution in [3.63, 3.8) is 0 Å². The Balaban J connectivity index is 2.35. The highest BCUT2D eigenvalue weighted by Crippen LogP contribution is 2.19. The Labute approximate surface area is 109 Å². The van der Waals surface area contributed by atoms with Crippen molar-refractivity contribution in [2.75, 3.05) is 4.72 Å². The number of benzene rings is 1. The van der Waals surface area contributed by atoms with E-state index in [-0.39, 0.29) is 16.3 Å². The average Bonchev–Trinajstić information content (AvgIpc) is 2.31. The molecule has 0 aliphatic rings. The molecule has 4 nitrogen and oxygen atoms in total. The molecule has 1 aromatic heterocycles. The second-order valence-corrected chi connectivity index (χ2v) is 5.53. The van der Waals surface area contributed by atoms with E-state index in [9.17, 15) is 17.2 Å². The van der Waals surface area contributed by atoms with Gasteiger partial charge in [-0.15, -0.1) is 0 Å². The van der Waals surface area contributed by atoms with E-state index in [0.717, 1.165) is 30.5 Å². The molecule has 0 fully saturated rings.